The highest BCUT2D eigenvalue weighted by atomic mass is 16.3. The Kier molecular flexibility index (Phi) is 7.79. The number of carbonyl (C=O) groups is 4. The van der Waals surface area contributed by atoms with Crippen molar-refractivity contribution in [3.63, 3.8) is 0 Å². The molecule has 5 fully saturated rings. The molecule has 4 unspecified atom stereocenters. The zero-order valence-electron chi connectivity index (χ0n) is 23.8. The van der Waals surface area contributed by atoms with E-state index in [1.54, 1.807) is 11.0 Å². The first-order valence-corrected chi connectivity index (χ1v) is 13.6. The number of likely N-dealkylation sites (N-methyl/N-ethyl adjacent to an activating group) is 3. The summed E-state index contributed by atoms with van der Waals surface area (Å²) in [5.41, 5.74) is -0.918. The predicted molar refractivity (Wildman–Crippen MR) is 142 cm³/mol. The van der Waals surface area contributed by atoms with Crippen molar-refractivity contribution >= 4 is 23.5 Å². The number of nitrogens with zero attached hydrogens (tertiary/aromatic N) is 6. The van der Waals surface area contributed by atoms with Gasteiger partial charge in [0, 0.05) is 65.0 Å². The number of ketones is 1. The van der Waals surface area contributed by atoms with Crippen molar-refractivity contribution in [1.29, 1.82) is 0 Å². The first-order valence-electron chi connectivity index (χ1n) is 13.6. The molecule has 0 bridgehead atoms. The van der Waals surface area contributed by atoms with E-state index < -0.39 is 11.6 Å². The van der Waals surface area contributed by atoms with Gasteiger partial charge < -0.3 is 34.5 Å². The summed E-state index contributed by atoms with van der Waals surface area (Å²) in [7, 11) is 6.11. The lowest BCUT2D eigenvalue weighted by Gasteiger charge is -2.45. The minimum atomic E-state index is -0.538. The van der Waals surface area contributed by atoms with Crippen LogP contribution in [0.5, 0.6) is 0 Å². The predicted octanol–water partition coefficient (Wildman–Crippen LogP) is -1.14. The fourth-order valence-corrected chi connectivity index (χ4v) is 6.78. The number of Topliss-reactive ketones (excluding diaryl/α,β-unsaturated/α-hetero) is 1. The third kappa shape index (κ3) is 5.13. The van der Waals surface area contributed by atoms with Gasteiger partial charge in [0.2, 0.25) is 17.7 Å². The van der Waals surface area contributed by atoms with E-state index in [-0.39, 0.29) is 41.0 Å². The molecule has 0 aliphatic carbocycles. The molecule has 6 aliphatic heterocycles. The Hall–Kier alpha value is -2.34. The van der Waals surface area contributed by atoms with Gasteiger partial charge in [-0.2, -0.15) is 0 Å². The van der Waals surface area contributed by atoms with Gasteiger partial charge in [-0.25, -0.2) is 0 Å². The topological polar surface area (TPSA) is 108 Å². The van der Waals surface area contributed by atoms with E-state index >= 15 is 0 Å². The first-order chi connectivity index (χ1) is 17.7. The second-order valence-corrected chi connectivity index (χ2v) is 12.4. The Labute approximate surface area is 226 Å². The lowest BCUT2D eigenvalue weighted by Crippen LogP contribution is -2.61. The Balaban J connectivity index is 0.000000133. The van der Waals surface area contributed by atoms with Crippen molar-refractivity contribution < 1.29 is 24.3 Å². The molecule has 0 saturated carbocycles. The SMILES string of the molecule is CN1CCN2C(=O)C=CC2(C)C1.CN1CCN2C(=O)CC(=O)C2(C)C1.CN1CCN2C(=O)CC(O)C2(C)C1. The Morgan fingerprint density at radius 2 is 1.29 bits per heavy atom. The molecule has 6 rings (SSSR count). The van der Waals surface area contributed by atoms with E-state index in [0.29, 0.717) is 19.5 Å². The van der Waals surface area contributed by atoms with Gasteiger partial charge in [-0.05, 0) is 41.9 Å². The third-order valence-electron chi connectivity index (χ3n) is 9.15. The monoisotopic (exact) mass is 532 g/mol. The summed E-state index contributed by atoms with van der Waals surface area (Å²) >= 11 is 0. The maximum atomic E-state index is 11.6. The fourth-order valence-electron chi connectivity index (χ4n) is 6.78. The van der Waals surface area contributed by atoms with Crippen LogP contribution in [0.4, 0.5) is 0 Å². The van der Waals surface area contributed by atoms with Gasteiger partial charge in [0.15, 0.2) is 5.78 Å². The number of piperazine rings is 3. The van der Waals surface area contributed by atoms with Crippen LogP contribution in [0.3, 0.4) is 0 Å². The standard InChI is InChI=1S/C9H16N2O2.C9H14N2O2.C9H14N2O/c2*1-9-6-10(2)3-4-11(9)8(13)5-7(9)12;1-9-4-3-8(12)11(9)6-5-10(2)7-9/h7,12H,3-6H2,1-2H3;3-6H2,1-2H3;3-4H,5-7H2,1-2H3. The van der Waals surface area contributed by atoms with Crippen LogP contribution >= 0.6 is 0 Å². The van der Waals surface area contributed by atoms with E-state index in [0.717, 1.165) is 45.8 Å². The zero-order chi connectivity index (χ0) is 28.0. The molecule has 0 radical (unpaired) electrons. The molecule has 0 aromatic rings. The van der Waals surface area contributed by atoms with E-state index in [1.165, 1.54) is 0 Å². The van der Waals surface area contributed by atoms with Crippen molar-refractivity contribution in [2.24, 2.45) is 0 Å². The smallest absolute Gasteiger partial charge is 0.247 e. The van der Waals surface area contributed by atoms with Gasteiger partial charge in [-0.15, -0.1) is 0 Å². The van der Waals surface area contributed by atoms with E-state index in [4.69, 9.17) is 0 Å². The van der Waals surface area contributed by atoms with Crippen molar-refractivity contribution in [2.45, 2.75) is 56.3 Å². The van der Waals surface area contributed by atoms with Gasteiger partial charge in [-0.3, -0.25) is 19.2 Å². The molecule has 0 spiro atoms. The first kappa shape index (κ1) is 28.7. The number of amides is 3. The summed E-state index contributed by atoms with van der Waals surface area (Å²) < 4.78 is 0. The van der Waals surface area contributed by atoms with Gasteiger partial charge in [0.05, 0.1) is 30.0 Å². The van der Waals surface area contributed by atoms with Crippen LogP contribution in [0.1, 0.15) is 33.6 Å². The Morgan fingerprint density at radius 3 is 1.95 bits per heavy atom. The molecule has 6 aliphatic rings. The summed E-state index contributed by atoms with van der Waals surface area (Å²) in [6.45, 7) is 13.4. The molecule has 212 valence electrons. The van der Waals surface area contributed by atoms with Gasteiger partial charge in [0.1, 0.15) is 5.54 Å². The number of hydrogen-bond donors (Lipinski definition) is 1. The summed E-state index contributed by atoms with van der Waals surface area (Å²) in [6, 6.07) is 0. The minimum Gasteiger partial charge on any atom is -0.390 e. The maximum absolute atomic E-state index is 11.6. The molecule has 3 amide bonds. The lowest BCUT2D eigenvalue weighted by molar-refractivity contribution is -0.135. The molecule has 38 heavy (non-hydrogen) atoms. The molecular weight excluding hydrogens is 488 g/mol. The van der Waals surface area contributed by atoms with Crippen LogP contribution in [-0.4, -0.2) is 161 Å². The average Bonchev–Trinajstić information content (AvgIpc) is 3.33. The van der Waals surface area contributed by atoms with Crippen molar-refractivity contribution in [1.82, 2.24) is 29.4 Å². The molecule has 6 heterocycles. The maximum Gasteiger partial charge on any atom is 0.247 e. The highest BCUT2D eigenvalue weighted by Crippen LogP contribution is 2.33. The highest BCUT2D eigenvalue weighted by molar-refractivity contribution is 6.10. The van der Waals surface area contributed by atoms with Gasteiger partial charge >= 0.3 is 0 Å². The highest BCUT2D eigenvalue weighted by Gasteiger charge is 2.52. The van der Waals surface area contributed by atoms with Crippen LogP contribution < -0.4 is 0 Å². The lowest BCUT2D eigenvalue weighted by atomic mass is 9.93. The molecule has 4 atom stereocenters. The van der Waals surface area contributed by atoms with Crippen LogP contribution in [-0.2, 0) is 19.2 Å². The molecule has 0 aromatic carbocycles. The molecule has 11 heteroatoms. The second kappa shape index (κ2) is 10.3. The number of rotatable bonds is 0. The average molecular weight is 533 g/mol. The molecule has 1 N–H and O–H groups in total. The molecule has 11 nitrogen and oxygen atoms in total. The molecular formula is C27H44N6O5. The summed E-state index contributed by atoms with van der Waals surface area (Å²) in [5.74, 6) is 0.346. The van der Waals surface area contributed by atoms with Crippen molar-refractivity contribution in [2.75, 3.05) is 80.0 Å². The van der Waals surface area contributed by atoms with Crippen LogP contribution in [0.2, 0.25) is 0 Å². The van der Waals surface area contributed by atoms with Crippen LogP contribution in [0.25, 0.3) is 0 Å². The van der Waals surface area contributed by atoms with Gasteiger partial charge in [-0.1, -0.05) is 6.08 Å². The summed E-state index contributed by atoms with van der Waals surface area (Å²) in [5, 5.41) is 9.78. The zero-order valence-corrected chi connectivity index (χ0v) is 23.8. The number of aliphatic hydroxyl groups is 1. The quantitative estimate of drug-likeness (QED) is 0.391. The van der Waals surface area contributed by atoms with E-state index in [1.807, 2.05) is 43.8 Å². The largest absolute Gasteiger partial charge is 0.390 e. The number of carbonyl (C=O) groups excluding carboxylic acids is 4. The number of fused-ring (bicyclic) bond motifs is 3. The summed E-state index contributed by atoms with van der Waals surface area (Å²) in [6.07, 6.45) is 3.61. The van der Waals surface area contributed by atoms with Crippen LogP contribution in [0, 0.1) is 0 Å². The third-order valence-corrected chi connectivity index (χ3v) is 9.15. The van der Waals surface area contributed by atoms with Crippen molar-refractivity contribution in [3.05, 3.63) is 12.2 Å². The van der Waals surface area contributed by atoms with Crippen molar-refractivity contribution in [3.8, 4) is 0 Å². The Morgan fingerprint density at radius 1 is 0.737 bits per heavy atom. The Bertz CT molecular complexity index is 1020. The molecule has 5 saturated heterocycles. The number of aliphatic hydroxyl groups excluding tert-OH is 1. The minimum absolute atomic E-state index is 0.000556. The summed E-state index contributed by atoms with van der Waals surface area (Å²) in [4.78, 5) is 57.9. The molecule has 0 aromatic heterocycles. The normalized spacial score (nSPS) is 37.4. The second-order valence-electron chi connectivity index (χ2n) is 12.4. The van der Waals surface area contributed by atoms with Gasteiger partial charge in [0.25, 0.3) is 0 Å². The fraction of sp³-hybridized carbons (Fsp3) is 0.778. The number of hydrogen-bond acceptors (Lipinski definition) is 8. The van der Waals surface area contributed by atoms with Crippen LogP contribution in [0.15, 0.2) is 12.2 Å². The van der Waals surface area contributed by atoms with E-state index in [9.17, 15) is 24.3 Å². The van der Waals surface area contributed by atoms with E-state index in [2.05, 4.69) is 28.7 Å².